The van der Waals surface area contributed by atoms with Crippen molar-refractivity contribution in [2.45, 2.75) is 19.4 Å². The highest BCUT2D eigenvalue weighted by atomic mass is 32.2. The van der Waals surface area contributed by atoms with Gasteiger partial charge in [-0.2, -0.15) is 0 Å². The van der Waals surface area contributed by atoms with Crippen molar-refractivity contribution in [3.8, 4) is 0 Å². The normalized spacial score (nSPS) is 22.6. The molecule has 0 bridgehead atoms. The zero-order valence-electron chi connectivity index (χ0n) is 10.2. The van der Waals surface area contributed by atoms with Crippen LogP contribution in [0.5, 0.6) is 0 Å². The van der Waals surface area contributed by atoms with E-state index >= 15 is 0 Å². The van der Waals surface area contributed by atoms with Crippen LogP contribution in [0.4, 0.5) is 11.4 Å². The number of sulfone groups is 1. The lowest BCUT2D eigenvalue weighted by Crippen LogP contribution is -2.32. The van der Waals surface area contributed by atoms with E-state index in [4.69, 9.17) is 5.73 Å². The van der Waals surface area contributed by atoms with Crippen LogP contribution < -0.4 is 10.6 Å². The van der Waals surface area contributed by atoms with E-state index in [1.54, 1.807) is 0 Å². The van der Waals surface area contributed by atoms with E-state index < -0.39 is 9.84 Å². The molecule has 1 heterocycles. The minimum Gasteiger partial charge on any atom is -0.399 e. The number of nitrogens with two attached hydrogens (primary N) is 1. The molecule has 1 aromatic rings. The number of rotatable bonds is 2. The molecule has 1 saturated heterocycles. The minimum atomic E-state index is -2.84. The van der Waals surface area contributed by atoms with Gasteiger partial charge < -0.3 is 10.6 Å². The van der Waals surface area contributed by atoms with Gasteiger partial charge in [-0.15, -0.1) is 0 Å². The van der Waals surface area contributed by atoms with Crippen LogP contribution >= 0.6 is 0 Å². The van der Waals surface area contributed by atoms with Gasteiger partial charge in [0.2, 0.25) is 0 Å². The topological polar surface area (TPSA) is 63.4 Å². The summed E-state index contributed by atoms with van der Waals surface area (Å²) >= 11 is 0. The summed E-state index contributed by atoms with van der Waals surface area (Å²) in [4.78, 5) is 2.02. The highest BCUT2D eigenvalue weighted by Gasteiger charge is 2.30. The minimum absolute atomic E-state index is 0.0706. The van der Waals surface area contributed by atoms with E-state index in [-0.39, 0.29) is 11.8 Å². The summed E-state index contributed by atoms with van der Waals surface area (Å²) in [7, 11) is -0.911. The predicted octanol–water partition coefficient (Wildman–Crippen LogP) is 1.20. The number of nitrogen functional groups attached to an aromatic ring is 1. The number of aryl methyl sites for hydroxylation is 1. The summed E-state index contributed by atoms with van der Waals surface area (Å²) in [5.74, 6) is 0.542. The molecule has 1 unspecified atom stereocenters. The average molecular weight is 254 g/mol. The Hall–Kier alpha value is -1.23. The molecule has 2 N–H and O–H groups in total. The molecule has 1 aliphatic heterocycles. The van der Waals surface area contributed by atoms with Crippen molar-refractivity contribution in [2.75, 3.05) is 29.2 Å². The summed E-state index contributed by atoms with van der Waals surface area (Å²) in [5.41, 5.74) is 8.60. The third kappa shape index (κ3) is 2.72. The van der Waals surface area contributed by atoms with Crippen molar-refractivity contribution in [2.24, 2.45) is 0 Å². The van der Waals surface area contributed by atoms with Crippen LogP contribution in [0, 0.1) is 6.92 Å². The maximum absolute atomic E-state index is 11.5. The molecule has 1 aromatic carbocycles. The van der Waals surface area contributed by atoms with Crippen LogP contribution in [-0.4, -0.2) is 33.0 Å². The lowest BCUT2D eigenvalue weighted by atomic mass is 10.1. The molecule has 1 fully saturated rings. The van der Waals surface area contributed by atoms with Gasteiger partial charge in [0, 0.05) is 24.5 Å². The van der Waals surface area contributed by atoms with E-state index in [0.717, 1.165) is 11.3 Å². The summed E-state index contributed by atoms with van der Waals surface area (Å²) in [6.45, 7) is 1.99. The number of benzene rings is 1. The van der Waals surface area contributed by atoms with Crippen molar-refractivity contribution in [1.29, 1.82) is 0 Å². The highest BCUT2D eigenvalue weighted by Crippen LogP contribution is 2.25. The molecule has 2 rings (SSSR count). The smallest absolute Gasteiger partial charge is 0.152 e. The Bertz CT molecular complexity index is 505. The van der Waals surface area contributed by atoms with Crippen molar-refractivity contribution in [3.05, 3.63) is 23.8 Å². The Morgan fingerprint density at radius 1 is 1.35 bits per heavy atom. The van der Waals surface area contributed by atoms with E-state index in [1.807, 2.05) is 37.1 Å². The van der Waals surface area contributed by atoms with Crippen molar-refractivity contribution >= 4 is 21.2 Å². The SMILES string of the molecule is Cc1cc(N)cc(N(C)C2CCS(=O)(=O)C2)c1. The van der Waals surface area contributed by atoms with Crippen molar-refractivity contribution < 1.29 is 8.42 Å². The van der Waals surface area contributed by atoms with Crippen LogP contribution in [0.2, 0.25) is 0 Å². The molecular formula is C12H18N2O2S. The maximum Gasteiger partial charge on any atom is 0.152 e. The average Bonchev–Trinajstić information content (AvgIpc) is 2.56. The zero-order chi connectivity index (χ0) is 12.6. The fraction of sp³-hybridized carbons (Fsp3) is 0.500. The second-order valence-electron chi connectivity index (χ2n) is 4.77. The molecule has 0 aliphatic carbocycles. The fourth-order valence-corrected chi connectivity index (χ4v) is 4.06. The molecule has 0 radical (unpaired) electrons. The largest absolute Gasteiger partial charge is 0.399 e. The summed E-state index contributed by atoms with van der Waals surface area (Å²) in [6.07, 6.45) is 0.701. The quantitative estimate of drug-likeness (QED) is 0.806. The molecule has 17 heavy (non-hydrogen) atoms. The van der Waals surface area contributed by atoms with Gasteiger partial charge >= 0.3 is 0 Å². The van der Waals surface area contributed by atoms with Crippen LogP contribution in [0.3, 0.4) is 0 Å². The molecule has 94 valence electrons. The van der Waals surface area contributed by atoms with Gasteiger partial charge in [0.25, 0.3) is 0 Å². The van der Waals surface area contributed by atoms with Gasteiger partial charge in [-0.05, 0) is 37.1 Å². The monoisotopic (exact) mass is 254 g/mol. The molecule has 0 spiro atoms. The first-order chi connectivity index (χ1) is 7.87. The van der Waals surface area contributed by atoms with Crippen LogP contribution in [-0.2, 0) is 9.84 Å². The van der Waals surface area contributed by atoms with Crippen LogP contribution in [0.1, 0.15) is 12.0 Å². The Morgan fingerprint density at radius 2 is 2.06 bits per heavy atom. The van der Waals surface area contributed by atoms with Gasteiger partial charge in [-0.1, -0.05) is 0 Å². The van der Waals surface area contributed by atoms with Crippen molar-refractivity contribution in [1.82, 2.24) is 0 Å². The molecular weight excluding hydrogens is 236 g/mol. The van der Waals surface area contributed by atoms with Crippen molar-refractivity contribution in [3.63, 3.8) is 0 Å². The van der Waals surface area contributed by atoms with E-state index in [9.17, 15) is 8.42 Å². The summed E-state index contributed by atoms with van der Waals surface area (Å²) in [6, 6.07) is 5.89. The summed E-state index contributed by atoms with van der Waals surface area (Å²) < 4.78 is 22.9. The molecule has 1 aliphatic rings. The van der Waals surface area contributed by atoms with Crippen LogP contribution in [0.25, 0.3) is 0 Å². The Morgan fingerprint density at radius 3 is 2.59 bits per heavy atom. The molecule has 4 nitrogen and oxygen atoms in total. The second kappa shape index (κ2) is 4.22. The highest BCUT2D eigenvalue weighted by molar-refractivity contribution is 7.91. The third-order valence-electron chi connectivity index (χ3n) is 3.25. The molecule has 1 atom stereocenters. The van der Waals surface area contributed by atoms with E-state index in [2.05, 4.69) is 0 Å². The van der Waals surface area contributed by atoms with Gasteiger partial charge in [-0.25, -0.2) is 8.42 Å². The lowest BCUT2D eigenvalue weighted by molar-refractivity contribution is 0.601. The number of hydrogen-bond acceptors (Lipinski definition) is 4. The third-order valence-corrected chi connectivity index (χ3v) is 5.00. The molecule has 0 aromatic heterocycles. The van der Waals surface area contributed by atoms with Crippen LogP contribution in [0.15, 0.2) is 18.2 Å². The first-order valence-electron chi connectivity index (χ1n) is 5.68. The zero-order valence-corrected chi connectivity index (χ0v) is 11.0. The van der Waals surface area contributed by atoms with E-state index in [1.165, 1.54) is 0 Å². The first kappa shape index (κ1) is 12.2. The second-order valence-corrected chi connectivity index (χ2v) is 7.00. The maximum atomic E-state index is 11.5. The fourth-order valence-electron chi connectivity index (χ4n) is 2.29. The van der Waals surface area contributed by atoms with Gasteiger partial charge in [-0.3, -0.25) is 0 Å². The Labute approximate surface area is 102 Å². The first-order valence-corrected chi connectivity index (χ1v) is 7.50. The van der Waals surface area contributed by atoms with E-state index in [0.29, 0.717) is 17.9 Å². The lowest BCUT2D eigenvalue weighted by Gasteiger charge is -2.26. The molecule has 0 amide bonds. The molecule has 0 saturated carbocycles. The molecule has 5 heteroatoms. The Kier molecular flexibility index (Phi) is 3.03. The number of hydrogen-bond donors (Lipinski definition) is 1. The van der Waals surface area contributed by atoms with Gasteiger partial charge in [0.05, 0.1) is 11.5 Å². The van der Waals surface area contributed by atoms with Gasteiger partial charge in [0.15, 0.2) is 9.84 Å². The number of anilines is 2. The van der Waals surface area contributed by atoms with Gasteiger partial charge in [0.1, 0.15) is 0 Å². The Balaban J connectivity index is 2.23. The predicted molar refractivity (Wildman–Crippen MR) is 71.1 cm³/mol. The standard InChI is InChI=1S/C12H18N2O2S/c1-9-5-10(13)7-12(6-9)14(2)11-3-4-17(15,16)8-11/h5-7,11H,3-4,8,13H2,1-2H3. The summed E-state index contributed by atoms with van der Waals surface area (Å²) in [5, 5.41) is 0. The number of nitrogens with zero attached hydrogens (tertiary/aromatic N) is 1.